The van der Waals surface area contributed by atoms with Crippen LogP contribution < -0.4 is 5.32 Å². The van der Waals surface area contributed by atoms with Crippen LogP contribution >= 0.6 is 11.8 Å². The van der Waals surface area contributed by atoms with Gasteiger partial charge in [0.05, 0.1) is 5.75 Å². The Balaban J connectivity index is 1.21. The summed E-state index contributed by atoms with van der Waals surface area (Å²) in [7, 11) is 0. The second-order valence-electron chi connectivity index (χ2n) is 9.30. The van der Waals surface area contributed by atoms with E-state index < -0.39 is 0 Å². The normalized spacial score (nSPS) is 30.6. The van der Waals surface area contributed by atoms with E-state index in [4.69, 9.17) is 4.98 Å². The van der Waals surface area contributed by atoms with Gasteiger partial charge >= 0.3 is 0 Å². The number of nitrogens with one attached hydrogen (secondary N) is 2. The van der Waals surface area contributed by atoms with Crippen LogP contribution in [0.2, 0.25) is 0 Å². The van der Waals surface area contributed by atoms with Crippen LogP contribution in [0.4, 0.5) is 5.69 Å². The van der Waals surface area contributed by atoms with Crippen molar-refractivity contribution in [2.45, 2.75) is 62.9 Å². The minimum absolute atomic E-state index is 0.0191. The number of nitrogens with zero attached hydrogens (tertiary/aromatic N) is 2. The highest BCUT2D eigenvalue weighted by Gasteiger charge is 2.53. The van der Waals surface area contributed by atoms with Crippen LogP contribution in [0.5, 0.6) is 0 Å². The molecule has 5 nitrogen and oxygen atoms in total. The Bertz CT molecular complexity index is 870. The van der Waals surface area contributed by atoms with Crippen molar-refractivity contribution in [3.63, 3.8) is 0 Å². The molecule has 1 amide bonds. The first-order valence-corrected chi connectivity index (χ1v) is 11.4. The van der Waals surface area contributed by atoms with Crippen molar-refractivity contribution in [1.29, 1.82) is 0 Å². The molecule has 148 valence electrons. The van der Waals surface area contributed by atoms with Gasteiger partial charge in [-0.2, -0.15) is 0 Å². The third-order valence-electron chi connectivity index (χ3n) is 7.13. The fraction of sp³-hybridized carbons (Fsp3) is 0.591. The number of carbonyl (C=O) groups is 1. The summed E-state index contributed by atoms with van der Waals surface area (Å²) >= 11 is 1.41. The SMILES string of the molecule is Cc1ccc(NC(=O)CSc2n[nH]c(C34CC5CC(CC(C5)C3)C4)n2)cc1C. The van der Waals surface area contributed by atoms with Crippen LogP contribution in [0.3, 0.4) is 0 Å². The van der Waals surface area contributed by atoms with Gasteiger partial charge in [-0.3, -0.25) is 9.89 Å². The number of aryl methyl sites for hydroxylation is 2. The lowest BCUT2D eigenvalue weighted by Crippen LogP contribution is -2.49. The molecule has 4 fully saturated rings. The van der Waals surface area contributed by atoms with E-state index in [2.05, 4.69) is 29.4 Å². The van der Waals surface area contributed by atoms with E-state index in [9.17, 15) is 4.79 Å². The van der Waals surface area contributed by atoms with Crippen LogP contribution in [0.25, 0.3) is 0 Å². The van der Waals surface area contributed by atoms with Gasteiger partial charge in [0, 0.05) is 11.1 Å². The maximum Gasteiger partial charge on any atom is 0.234 e. The number of H-pyrrole nitrogens is 1. The molecule has 2 N–H and O–H groups in total. The minimum atomic E-state index is -0.0191. The minimum Gasteiger partial charge on any atom is -0.325 e. The number of thioether (sulfide) groups is 1. The molecule has 4 bridgehead atoms. The molecule has 0 radical (unpaired) electrons. The van der Waals surface area contributed by atoms with Gasteiger partial charge in [0.1, 0.15) is 5.82 Å². The molecule has 6 heteroatoms. The molecule has 6 rings (SSSR count). The summed E-state index contributed by atoms with van der Waals surface area (Å²) in [5.74, 6) is 4.03. The number of amides is 1. The summed E-state index contributed by atoms with van der Waals surface area (Å²) in [6.45, 7) is 4.13. The Morgan fingerprint density at radius 1 is 1.14 bits per heavy atom. The smallest absolute Gasteiger partial charge is 0.234 e. The highest BCUT2D eigenvalue weighted by atomic mass is 32.2. The Hall–Kier alpha value is -1.82. The number of aromatic amines is 1. The molecule has 0 spiro atoms. The predicted molar refractivity (Wildman–Crippen MR) is 112 cm³/mol. The van der Waals surface area contributed by atoms with Crippen LogP contribution in [0, 0.1) is 31.6 Å². The van der Waals surface area contributed by atoms with Crippen molar-refractivity contribution in [3.05, 3.63) is 35.2 Å². The Labute approximate surface area is 170 Å². The second kappa shape index (κ2) is 6.90. The zero-order valence-electron chi connectivity index (χ0n) is 16.6. The molecule has 0 saturated heterocycles. The number of carbonyl (C=O) groups excluding carboxylic acids is 1. The quantitative estimate of drug-likeness (QED) is 0.724. The highest BCUT2D eigenvalue weighted by molar-refractivity contribution is 7.99. The van der Waals surface area contributed by atoms with Crippen LogP contribution in [-0.2, 0) is 10.2 Å². The lowest BCUT2D eigenvalue weighted by atomic mass is 9.49. The summed E-state index contributed by atoms with van der Waals surface area (Å²) in [6.07, 6.45) is 8.08. The molecule has 0 atom stereocenters. The van der Waals surface area contributed by atoms with Gasteiger partial charge in [0.15, 0.2) is 0 Å². The number of hydrogen-bond acceptors (Lipinski definition) is 4. The molecule has 4 aliphatic rings. The third kappa shape index (κ3) is 3.36. The predicted octanol–water partition coefficient (Wildman–Crippen LogP) is 4.62. The molecular weight excluding hydrogens is 368 g/mol. The van der Waals surface area contributed by atoms with E-state index >= 15 is 0 Å². The zero-order chi connectivity index (χ0) is 19.3. The Kier molecular flexibility index (Phi) is 4.49. The van der Waals surface area contributed by atoms with Crippen LogP contribution in [0.15, 0.2) is 23.4 Å². The summed E-state index contributed by atoms with van der Waals surface area (Å²) in [6, 6.07) is 5.99. The fourth-order valence-corrected chi connectivity index (χ4v) is 6.69. The van der Waals surface area contributed by atoms with E-state index in [0.717, 1.165) is 29.3 Å². The van der Waals surface area contributed by atoms with E-state index in [1.807, 2.05) is 18.2 Å². The molecule has 0 aliphatic heterocycles. The van der Waals surface area contributed by atoms with Gasteiger partial charge in [-0.1, -0.05) is 17.8 Å². The molecule has 4 aliphatic carbocycles. The first kappa shape index (κ1) is 18.2. The van der Waals surface area contributed by atoms with Gasteiger partial charge in [-0.25, -0.2) is 4.98 Å². The van der Waals surface area contributed by atoms with Crippen molar-refractivity contribution < 1.29 is 4.79 Å². The van der Waals surface area contributed by atoms with E-state index in [1.165, 1.54) is 61.4 Å². The molecule has 1 aromatic carbocycles. The number of aromatic nitrogens is 3. The lowest BCUT2D eigenvalue weighted by Gasteiger charge is -2.55. The molecule has 0 unspecified atom stereocenters. The third-order valence-corrected chi connectivity index (χ3v) is 7.98. The van der Waals surface area contributed by atoms with Crippen LogP contribution in [0.1, 0.15) is 55.5 Å². The van der Waals surface area contributed by atoms with Crippen molar-refractivity contribution in [3.8, 4) is 0 Å². The van der Waals surface area contributed by atoms with Crippen molar-refractivity contribution in [2.24, 2.45) is 17.8 Å². The number of anilines is 1. The summed E-state index contributed by atoms with van der Waals surface area (Å²) < 4.78 is 0. The van der Waals surface area contributed by atoms with Crippen molar-refractivity contribution in [2.75, 3.05) is 11.1 Å². The second-order valence-corrected chi connectivity index (χ2v) is 10.2. The maximum atomic E-state index is 12.3. The number of rotatable bonds is 5. The summed E-state index contributed by atoms with van der Waals surface area (Å²) in [5.41, 5.74) is 3.48. The van der Waals surface area contributed by atoms with Crippen molar-refractivity contribution in [1.82, 2.24) is 15.2 Å². The average Bonchev–Trinajstić information content (AvgIpc) is 3.12. The lowest BCUT2D eigenvalue weighted by molar-refractivity contribution is -0.113. The maximum absolute atomic E-state index is 12.3. The van der Waals surface area contributed by atoms with Gasteiger partial charge in [0.25, 0.3) is 0 Å². The summed E-state index contributed by atoms with van der Waals surface area (Å²) in [4.78, 5) is 17.1. The highest BCUT2D eigenvalue weighted by Crippen LogP contribution is 2.60. The number of hydrogen-bond donors (Lipinski definition) is 2. The van der Waals surface area contributed by atoms with Gasteiger partial charge in [-0.05, 0) is 93.4 Å². The molecule has 1 aromatic heterocycles. The largest absolute Gasteiger partial charge is 0.325 e. The summed E-state index contributed by atoms with van der Waals surface area (Å²) in [5, 5.41) is 11.3. The zero-order valence-corrected chi connectivity index (χ0v) is 17.4. The van der Waals surface area contributed by atoms with E-state index in [0.29, 0.717) is 10.9 Å². The van der Waals surface area contributed by atoms with Gasteiger partial charge < -0.3 is 5.32 Å². The van der Waals surface area contributed by atoms with Crippen molar-refractivity contribution >= 4 is 23.4 Å². The molecule has 2 aromatic rings. The van der Waals surface area contributed by atoms with E-state index in [-0.39, 0.29) is 11.3 Å². The monoisotopic (exact) mass is 396 g/mol. The fourth-order valence-electron chi connectivity index (χ4n) is 6.10. The Morgan fingerprint density at radius 3 is 2.46 bits per heavy atom. The molecule has 4 saturated carbocycles. The van der Waals surface area contributed by atoms with Crippen LogP contribution in [-0.4, -0.2) is 26.8 Å². The molecule has 1 heterocycles. The van der Waals surface area contributed by atoms with Gasteiger partial charge in [0.2, 0.25) is 11.1 Å². The standard InChI is InChI=1S/C22H28N4OS/c1-13-3-4-18(5-14(13)2)23-19(27)12-28-21-24-20(25-26-21)22-9-15-6-16(10-22)8-17(7-15)11-22/h3-5,15-17H,6-12H2,1-2H3,(H,23,27)(H,24,25,26). The topological polar surface area (TPSA) is 70.7 Å². The number of benzene rings is 1. The van der Waals surface area contributed by atoms with Gasteiger partial charge in [-0.15, -0.1) is 5.10 Å². The Morgan fingerprint density at radius 2 is 1.82 bits per heavy atom. The molecule has 28 heavy (non-hydrogen) atoms. The molecular formula is C22H28N4OS. The first-order chi connectivity index (χ1) is 13.5. The first-order valence-electron chi connectivity index (χ1n) is 10.4. The average molecular weight is 397 g/mol. The van der Waals surface area contributed by atoms with E-state index in [1.54, 1.807) is 0 Å².